The van der Waals surface area contributed by atoms with E-state index in [9.17, 15) is 9.59 Å². The van der Waals surface area contributed by atoms with Gasteiger partial charge in [-0.15, -0.1) is 0 Å². The molecule has 0 aromatic carbocycles. The lowest BCUT2D eigenvalue weighted by atomic mass is 9.95. The average Bonchev–Trinajstić information content (AvgIpc) is 3.13. The van der Waals surface area contributed by atoms with Gasteiger partial charge in [0.05, 0.1) is 5.52 Å². The summed E-state index contributed by atoms with van der Waals surface area (Å²) >= 11 is 3.49. The second-order valence-corrected chi connectivity index (χ2v) is 8.28. The Balaban J connectivity index is 2.20. The summed E-state index contributed by atoms with van der Waals surface area (Å²) in [5, 5.41) is 13.9. The van der Waals surface area contributed by atoms with Gasteiger partial charge in [-0.2, -0.15) is 5.10 Å². The van der Waals surface area contributed by atoms with Crippen molar-refractivity contribution in [2.45, 2.75) is 39.2 Å². The van der Waals surface area contributed by atoms with Crippen LogP contribution in [0.15, 0.2) is 35.1 Å². The molecule has 0 aliphatic carbocycles. The first kappa shape index (κ1) is 22.7. The van der Waals surface area contributed by atoms with E-state index in [1.165, 1.54) is 4.90 Å². The van der Waals surface area contributed by atoms with Crippen LogP contribution in [-0.4, -0.2) is 50.8 Å². The summed E-state index contributed by atoms with van der Waals surface area (Å²) in [7, 11) is 3.24. The van der Waals surface area contributed by atoms with Crippen LogP contribution in [0.2, 0.25) is 0 Å². The van der Waals surface area contributed by atoms with Crippen molar-refractivity contribution in [3.05, 3.63) is 52.0 Å². The highest BCUT2D eigenvalue weighted by Crippen LogP contribution is 2.33. The number of ether oxygens (including phenoxy) is 1. The second kappa shape index (κ2) is 9.91. The molecule has 1 N–H and O–H groups in total. The highest BCUT2D eigenvalue weighted by molar-refractivity contribution is 9.10. The van der Waals surface area contributed by atoms with Crippen molar-refractivity contribution in [2.24, 2.45) is 0 Å². The number of aryl methyl sites for hydroxylation is 1. The number of carboxylic acids is 1. The number of carboxylic acid groups (broad SMARTS) is 1. The summed E-state index contributed by atoms with van der Waals surface area (Å²) < 4.78 is 8.14. The van der Waals surface area contributed by atoms with Crippen molar-refractivity contribution in [1.82, 2.24) is 19.5 Å². The van der Waals surface area contributed by atoms with Crippen LogP contribution in [0.4, 0.5) is 4.79 Å². The van der Waals surface area contributed by atoms with Crippen LogP contribution < -0.4 is 0 Å². The summed E-state index contributed by atoms with van der Waals surface area (Å²) in [5.74, 6) is -0.851. The van der Waals surface area contributed by atoms with E-state index < -0.39 is 12.1 Å². The molecular weight excluding hydrogens is 464 g/mol. The van der Waals surface area contributed by atoms with Gasteiger partial charge < -0.3 is 14.7 Å². The zero-order valence-corrected chi connectivity index (χ0v) is 19.3. The lowest BCUT2D eigenvalue weighted by Crippen LogP contribution is -2.23. The predicted octanol–water partition coefficient (Wildman–Crippen LogP) is 4.33. The Bertz CT molecular complexity index is 1110. The van der Waals surface area contributed by atoms with Crippen LogP contribution in [0.25, 0.3) is 16.6 Å². The van der Waals surface area contributed by atoms with Crippen LogP contribution >= 0.6 is 15.9 Å². The third kappa shape index (κ3) is 5.22. The third-order valence-corrected chi connectivity index (χ3v) is 5.37. The molecule has 0 saturated heterocycles. The van der Waals surface area contributed by atoms with Gasteiger partial charge in [0.15, 0.2) is 0 Å². The highest BCUT2D eigenvalue weighted by Gasteiger charge is 2.20. The lowest BCUT2D eigenvalue weighted by Gasteiger charge is -2.18. The number of fused-ring (bicyclic) bond motifs is 1. The normalized spacial score (nSPS) is 11.0. The molecule has 8 nitrogen and oxygen atoms in total. The van der Waals surface area contributed by atoms with Crippen molar-refractivity contribution in [2.75, 3.05) is 14.1 Å². The fraction of sp³-hybridized carbons (Fsp3) is 0.364. The van der Waals surface area contributed by atoms with Crippen LogP contribution in [-0.2, 0) is 29.0 Å². The Labute approximate surface area is 189 Å². The number of rotatable bonds is 8. The number of pyridine rings is 1. The number of carbonyl (C=O) groups excluding carboxylic acids is 1. The minimum absolute atomic E-state index is 0.00881. The number of carbonyl (C=O) groups is 2. The van der Waals surface area contributed by atoms with Gasteiger partial charge >= 0.3 is 12.1 Å². The third-order valence-electron chi connectivity index (χ3n) is 4.93. The number of halogens is 1. The number of aliphatic carboxylic acids is 1. The first-order valence-electron chi connectivity index (χ1n) is 10.0. The number of hydrogen-bond donors (Lipinski definition) is 1. The number of hydrogen-bond acceptors (Lipinski definition) is 5. The molecule has 3 aromatic heterocycles. The maximum atomic E-state index is 12.0. The summed E-state index contributed by atoms with van der Waals surface area (Å²) in [6, 6.07) is 6.00. The van der Waals surface area contributed by atoms with E-state index in [1.54, 1.807) is 26.5 Å². The van der Waals surface area contributed by atoms with Crippen molar-refractivity contribution in [3.63, 3.8) is 0 Å². The first-order valence-corrected chi connectivity index (χ1v) is 10.8. The lowest BCUT2D eigenvalue weighted by molar-refractivity contribution is -0.137. The molecule has 0 radical (unpaired) electrons. The Morgan fingerprint density at radius 1 is 1.26 bits per heavy atom. The molecule has 0 unspecified atom stereocenters. The molecular formula is C22H25BrN4O4. The smallest absolute Gasteiger partial charge is 0.409 e. The van der Waals surface area contributed by atoms with Gasteiger partial charge in [0.1, 0.15) is 12.3 Å². The van der Waals surface area contributed by atoms with Gasteiger partial charge in [-0.05, 0) is 59.0 Å². The summed E-state index contributed by atoms with van der Waals surface area (Å²) in [4.78, 5) is 28.8. The number of nitrogens with zero attached hydrogens (tertiary/aromatic N) is 4. The van der Waals surface area contributed by atoms with Gasteiger partial charge in [0.25, 0.3) is 0 Å². The fourth-order valence-corrected chi connectivity index (χ4v) is 3.82. The zero-order chi connectivity index (χ0) is 22.5. The number of aromatic nitrogens is 3. The van der Waals surface area contributed by atoms with E-state index in [4.69, 9.17) is 14.9 Å². The predicted molar refractivity (Wildman–Crippen MR) is 120 cm³/mol. The van der Waals surface area contributed by atoms with E-state index in [-0.39, 0.29) is 13.0 Å². The molecule has 3 rings (SSSR count). The largest absolute Gasteiger partial charge is 0.481 e. The standard InChI is InChI=1S/C22H25BrN4O4/c1-4-16-8-9-19-21(14-10-15(23)12-24-11-14)17(6-5-7-20(28)29)18(25-27(16)19)13-31-22(30)26(2)3/h8-12H,4-7,13H2,1-3H3,(H,28,29). The van der Waals surface area contributed by atoms with Crippen molar-refractivity contribution < 1.29 is 19.4 Å². The molecule has 3 heterocycles. The van der Waals surface area contributed by atoms with E-state index in [1.807, 2.05) is 22.7 Å². The summed E-state index contributed by atoms with van der Waals surface area (Å²) in [6.45, 7) is 2.04. The second-order valence-electron chi connectivity index (χ2n) is 7.36. The van der Waals surface area contributed by atoms with Gasteiger partial charge in [-0.3, -0.25) is 9.78 Å². The monoisotopic (exact) mass is 488 g/mol. The van der Waals surface area contributed by atoms with Crippen molar-refractivity contribution >= 4 is 33.5 Å². The van der Waals surface area contributed by atoms with Crippen molar-refractivity contribution in [3.8, 4) is 11.1 Å². The molecule has 0 spiro atoms. The molecule has 0 aliphatic rings. The molecule has 9 heteroatoms. The van der Waals surface area contributed by atoms with Gasteiger partial charge in [0.2, 0.25) is 0 Å². The minimum Gasteiger partial charge on any atom is -0.481 e. The molecule has 0 fully saturated rings. The molecule has 0 atom stereocenters. The molecule has 164 valence electrons. The minimum atomic E-state index is -0.851. The Morgan fingerprint density at radius 3 is 2.68 bits per heavy atom. The molecule has 31 heavy (non-hydrogen) atoms. The van der Waals surface area contributed by atoms with E-state index in [0.29, 0.717) is 18.5 Å². The molecule has 0 saturated carbocycles. The molecule has 0 aliphatic heterocycles. The van der Waals surface area contributed by atoms with Crippen LogP contribution in [0.3, 0.4) is 0 Å². The SMILES string of the molecule is CCc1ccc2c(-c3cncc(Br)c3)c(CCCC(=O)O)c(COC(=O)N(C)C)nn12. The molecule has 0 bridgehead atoms. The Kier molecular flexibility index (Phi) is 7.27. The quantitative estimate of drug-likeness (QED) is 0.506. The van der Waals surface area contributed by atoms with Gasteiger partial charge in [-0.25, -0.2) is 9.31 Å². The van der Waals surface area contributed by atoms with Gasteiger partial charge in [-0.1, -0.05) is 6.92 Å². The zero-order valence-electron chi connectivity index (χ0n) is 17.8. The molecule has 3 aromatic rings. The Morgan fingerprint density at radius 2 is 2.03 bits per heavy atom. The fourth-order valence-electron chi connectivity index (χ4n) is 3.46. The van der Waals surface area contributed by atoms with E-state index >= 15 is 0 Å². The maximum absolute atomic E-state index is 12.0. The summed E-state index contributed by atoms with van der Waals surface area (Å²) in [6.07, 6.45) is 4.77. The van der Waals surface area contributed by atoms with E-state index in [0.717, 1.165) is 38.8 Å². The van der Waals surface area contributed by atoms with Crippen LogP contribution in [0.1, 0.15) is 36.7 Å². The summed E-state index contributed by atoms with van der Waals surface area (Å²) in [5.41, 5.74) is 5.20. The first-order chi connectivity index (χ1) is 14.8. The molecule has 1 amide bonds. The topological polar surface area (TPSA) is 97.0 Å². The highest BCUT2D eigenvalue weighted by atomic mass is 79.9. The number of amides is 1. The van der Waals surface area contributed by atoms with Crippen LogP contribution in [0.5, 0.6) is 0 Å². The van der Waals surface area contributed by atoms with Crippen LogP contribution in [0, 0.1) is 0 Å². The van der Waals surface area contributed by atoms with Gasteiger partial charge in [0, 0.05) is 54.2 Å². The van der Waals surface area contributed by atoms with Crippen molar-refractivity contribution in [1.29, 1.82) is 0 Å². The maximum Gasteiger partial charge on any atom is 0.409 e. The Hall–Kier alpha value is -2.94. The average molecular weight is 489 g/mol. The van der Waals surface area contributed by atoms with E-state index in [2.05, 4.69) is 27.8 Å².